The summed E-state index contributed by atoms with van der Waals surface area (Å²) in [5.41, 5.74) is 0. The van der Waals surface area contributed by atoms with Gasteiger partial charge in [-0.2, -0.15) is 8.78 Å². The predicted molar refractivity (Wildman–Crippen MR) is 85.1 cm³/mol. The van der Waals surface area contributed by atoms with Gasteiger partial charge in [-0.25, -0.2) is 17.6 Å². The average molecular weight is 398 g/mol. The van der Waals surface area contributed by atoms with Gasteiger partial charge in [0, 0.05) is 18.2 Å². The Kier molecular flexibility index (Phi) is 7.41. The van der Waals surface area contributed by atoms with Crippen molar-refractivity contribution in [3.05, 3.63) is 36.1 Å². The summed E-state index contributed by atoms with van der Waals surface area (Å²) in [6.07, 6.45) is -5.11. The smallest absolute Gasteiger partial charge is 0.424 e. The van der Waals surface area contributed by atoms with E-state index in [9.17, 15) is 26.3 Å². The maximum Gasteiger partial charge on any atom is 0.424 e. The minimum absolute atomic E-state index is 0.0578. The number of ether oxygens (including phenoxy) is 3. The molecule has 0 amide bonds. The molecule has 0 bridgehead atoms. The number of allylic oxidation sites excluding steroid dienone is 1. The van der Waals surface area contributed by atoms with E-state index in [1.54, 1.807) is 0 Å². The Morgan fingerprint density at radius 3 is 2.41 bits per heavy atom. The van der Waals surface area contributed by atoms with Gasteiger partial charge in [-0.05, 0) is 25.2 Å². The molecule has 1 aliphatic heterocycles. The lowest BCUT2D eigenvalue weighted by atomic mass is 9.94. The average Bonchev–Trinajstić information content (AvgIpc) is 2.57. The zero-order valence-electron chi connectivity index (χ0n) is 14.6. The Morgan fingerprint density at radius 2 is 1.89 bits per heavy atom. The lowest BCUT2D eigenvalue weighted by molar-refractivity contribution is -0.265. The zero-order chi connectivity index (χ0) is 20.0. The second kappa shape index (κ2) is 9.34. The highest BCUT2D eigenvalue weighted by molar-refractivity contribution is 5.35. The van der Waals surface area contributed by atoms with Crippen LogP contribution in [0.4, 0.5) is 26.3 Å². The van der Waals surface area contributed by atoms with Crippen LogP contribution in [0.3, 0.4) is 0 Å². The van der Waals surface area contributed by atoms with Crippen molar-refractivity contribution in [2.45, 2.75) is 51.2 Å². The Hall–Kier alpha value is -1.90. The number of rotatable bonds is 8. The molecule has 1 heterocycles. The van der Waals surface area contributed by atoms with E-state index in [1.807, 2.05) is 6.92 Å². The summed E-state index contributed by atoms with van der Waals surface area (Å²) < 4.78 is 94.2. The first-order chi connectivity index (χ1) is 12.7. The molecular formula is C18H20F6O3. The van der Waals surface area contributed by atoms with Gasteiger partial charge < -0.3 is 14.2 Å². The molecule has 0 aliphatic carbocycles. The summed E-state index contributed by atoms with van der Waals surface area (Å²) in [6, 6.07) is 0.983. The van der Waals surface area contributed by atoms with Gasteiger partial charge in [-0.3, -0.25) is 0 Å². The maximum atomic E-state index is 14.2. The molecule has 0 aromatic heterocycles. The summed E-state index contributed by atoms with van der Waals surface area (Å²) in [7, 11) is 0. The lowest BCUT2D eigenvalue weighted by Crippen LogP contribution is -2.44. The van der Waals surface area contributed by atoms with Crippen LogP contribution in [0.1, 0.15) is 32.6 Å². The highest BCUT2D eigenvalue weighted by Crippen LogP contribution is 2.36. The first-order valence-electron chi connectivity index (χ1n) is 8.51. The Balaban J connectivity index is 2.03. The van der Waals surface area contributed by atoms with E-state index in [4.69, 9.17) is 4.74 Å². The van der Waals surface area contributed by atoms with Gasteiger partial charge in [0.1, 0.15) is 5.75 Å². The summed E-state index contributed by atoms with van der Waals surface area (Å²) in [5.74, 6) is -4.30. The molecular weight excluding hydrogens is 378 g/mol. The summed E-state index contributed by atoms with van der Waals surface area (Å²) in [4.78, 5) is 0. The molecule has 2 atom stereocenters. The summed E-state index contributed by atoms with van der Waals surface area (Å²) in [6.45, 7) is 2.16. The standard InChI is InChI=1S/C18H20F6O3/c1-2-3-11-4-5-15(26-10-11)18(23,24)27-12-8-13(19)17(14(20)9-12)25-7-6-16(21)22/h6-9,11,15-16H,2-5,10H2,1H3. The number of halogens is 6. The number of hydrogen-bond acceptors (Lipinski definition) is 3. The Labute approximate surface area is 152 Å². The van der Waals surface area contributed by atoms with Gasteiger partial charge in [-0.15, -0.1) is 0 Å². The van der Waals surface area contributed by atoms with Crippen LogP contribution in [0.25, 0.3) is 0 Å². The quantitative estimate of drug-likeness (QED) is 0.416. The van der Waals surface area contributed by atoms with Gasteiger partial charge in [-0.1, -0.05) is 13.3 Å². The van der Waals surface area contributed by atoms with E-state index in [0.717, 1.165) is 12.8 Å². The van der Waals surface area contributed by atoms with E-state index >= 15 is 0 Å². The molecule has 0 N–H and O–H groups in total. The van der Waals surface area contributed by atoms with Gasteiger partial charge in [0.2, 0.25) is 0 Å². The lowest BCUT2D eigenvalue weighted by Gasteiger charge is -2.33. The van der Waals surface area contributed by atoms with Crippen LogP contribution in [0.5, 0.6) is 11.5 Å². The number of alkyl halides is 4. The summed E-state index contributed by atoms with van der Waals surface area (Å²) in [5, 5.41) is 0. The highest BCUT2D eigenvalue weighted by Gasteiger charge is 2.45. The SMILES string of the molecule is CCCC1CCC(C(F)(F)Oc2cc(F)c(OC=CC(F)F)c(F)c2)OC1. The van der Waals surface area contributed by atoms with Crippen molar-refractivity contribution in [2.24, 2.45) is 5.92 Å². The second-order valence-corrected chi connectivity index (χ2v) is 6.21. The van der Waals surface area contributed by atoms with Crippen molar-refractivity contribution < 1.29 is 40.6 Å². The Bertz CT molecular complexity index is 619. The van der Waals surface area contributed by atoms with E-state index in [1.165, 1.54) is 0 Å². The first-order valence-corrected chi connectivity index (χ1v) is 8.51. The molecule has 2 rings (SSSR count). The molecule has 1 saturated heterocycles. The molecule has 152 valence electrons. The molecule has 2 unspecified atom stereocenters. The van der Waals surface area contributed by atoms with E-state index in [2.05, 4.69) is 9.47 Å². The van der Waals surface area contributed by atoms with Crippen LogP contribution in [0.15, 0.2) is 24.5 Å². The van der Waals surface area contributed by atoms with Crippen LogP contribution in [-0.4, -0.2) is 25.2 Å². The highest BCUT2D eigenvalue weighted by atomic mass is 19.3. The largest absolute Gasteiger partial charge is 0.459 e. The first kappa shape index (κ1) is 21.4. The molecule has 0 saturated carbocycles. The van der Waals surface area contributed by atoms with Crippen LogP contribution >= 0.6 is 0 Å². The van der Waals surface area contributed by atoms with Crippen LogP contribution < -0.4 is 9.47 Å². The van der Waals surface area contributed by atoms with Crippen molar-refractivity contribution >= 4 is 0 Å². The van der Waals surface area contributed by atoms with Crippen LogP contribution in [-0.2, 0) is 4.74 Å². The second-order valence-electron chi connectivity index (χ2n) is 6.21. The third-order valence-electron chi connectivity index (χ3n) is 4.08. The van der Waals surface area contributed by atoms with E-state index < -0.39 is 41.8 Å². The molecule has 9 heteroatoms. The molecule has 3 nitrogen and oxygen atoms in total. The predicted octanol–water partition coefficient (Wildman–Crippen LogP) is 5.69. The minimum atomic E-state index is -3.78. The van der Waals surface area contributed by atoms with E-state index in [-0.39, 0.29) is 25.0 Å². The number of hydrogen-bond donors (Lipinski definition) is 0. The van der Waals surface area contributed by atoms with Crippen molar-refractivity contribution in [1.29, 1.82) is 0 Å². The van der Waals surface area contributed by atoms with Crippen molar-refractivity contribution in [1.82, 2.24) is 0 Å². The number of benzene rings is 1. The molecule has 0 radical (unpaired) electrons. The van der Waals surface area contributed by atoms with Gasteiger partial charge >= 0.3 is 6.11 Å². The minimum Gasteiger partial charge on any atom is -0.459 e. The van der Waals surface area contributed by atoms with Crippen LogP contribution in [0, 0.1) is 17.6 Å². The van der Waals surface area contributed by atoms with Crippen molar-refractivity contribution in [3.8, 4) is 11.5 Å². The molecule has 1 aromatic carbocycles. The van der Waals surface area contributed by atoms with Gasteiger partial charge in [0.15, 0.2) is 23.5 Å². The third-order valence-corrected chi connectivity index (χ3v) is 4.08. The monoisotopic (exact) mass is 398 g/mol. The van der Waals surface area contributed by atoms with Crippen molar-refractivity contribution in [2.75, 3.05) is 6.61 Å². The Morgan fingerprint density at radius 1 is 1.22 bits per heavy atom. The van der Waals surface area contributed by atoms with E-state index in [0.29, 0.717) is 24.8 Å². The molecule has 1 aromatic rings. The fourth-order valence-electron chi connectivity index (χ4n) is 2.80. The maximum absolute atomic E-state index is 14.2. The molecule has 1 fully saturated rings. The normalized spacial score (nSPS) is 21.0. The zero-order valence-corrected chi connectivity index (χ0v) is 14.6. The molecule has 1 aliphatic rings. The van der Waals surface area contributed by atoms with Gasteiger partial charge in [0.05, 0.1) is 12.9 Å². The van der Waals surface area contributed by atoms with Crippen LogP contribution in [0.2, 0.25) is 0 Å². The molecule has 0 spiro atoms. The third kappa shape index (κ3) is 6.05. The molecule has 27 heavy (non-hydrogen) atoms. The fraction of sp³-hybridized carbons (Fsp3) is 0.556. The topological polar surface area (TPSA) is 27.7 Å². The summed E-state index contributed by atoms with van der Waals surface area (Å²) >= 11 is 0. The van der Waals surface area contributed by atoms with Gasteiger partial charge in [0.25, 0.3) is 6.43 Å². The fourth-order valence-corrected chi connectivity index (χ4v) is 2.80. The van der Waals surface area contributed by atoms with Crippen molar-refractivity contribution in [3.63, 3.8) is 0 Å².